The van der Waals surface area contributed by atoms with Gasteiger partial charge in [0.05, 0.1) is 8.07 Å². The van der Waals surface area contributed by atoms with E-state index in [-0.39, 0.29) is 0 Å². The molecule has 0 aliphatic carbocycles. The fraction of sp³-hybridized carbons (Fsp3) is 0.200. The third kappa shape index (κ3) is 2.98. The SMILES string of the molecule is C[Si](C)(Cc1ccc(O)cc1)c1ccccc1. The van der Waals surface area contributed by atoms with E-state index in [1.807, 2.05) is 12.1 Å². The third-order valence-corrected chi connectivity index (χ3v) is 6.33. The number of phenolic OH excluding ortho intramolecular Hbond substituents is 1. The van der Waals surface area contributed by atoms with Crippen LogP contribution < -0.4 is 5.19 Å². The first-order valence-corrected chi connectivity index (χ1v) is 9.12. The molecule has 88 valence electrons. The van der Waals surface area contributed by atoms with E-state index in [0.29, 0.717) is 5.75 Å². The van der Waals surface area contributed by atoms with Crippen LogP contribution in [0.25, 0.3) is 0 Å². The molecule has 0 amide bonds. The van der Waals surface area contributed by atoms with Gasteiger partial charge in [-0.1, -0.05) is 66.3 Å². The van der Waals surface area contributed by atoms with E-state index in [1.54, 1.807) is 12.1 Å². The van der Waals surface area contributed by atoms with Crippen molar-refractivity contribution >= 4 is 13.3 Å². The molecule has 0 aliphatic heterocycles. The standard InChI is InChI=1S/C15H18OSi/c1-17(2,15-6-4-3-5-7-15)12-13-8-10-14(16)11-9-13/h3-11,16H,12H2,1-2H3. The summed E-state index contributed by atoms with van der Waals surface area (Å²) in [4.78, 5) is 0. The fourth-order valence-corrected chi connectivity index (χ4v) is 4.67. The van der Waals surface area contributed by atoms with Crippen LogP contribution in [0.5, 0.6) is 5.75 Å². The summed E-state index contributed by atoms with van der Waals surface area (Å²) in [7, 11) is -1.42. The van der Waals surface area contributed by atoms with E-state index < -0.39 is 8.07 Å². The highest BCUT2D eigenvalue weighted by molar-refractivity contribution is 6.89. The lowest BCUT2D eigenvalue weighted by molar-refractivity contribution is 0.475. The zero-order chi connectivity index (χ0) is 12.3. The van der Waals surface area contributed by atoms with Crippen LogP contribution in [0, 0.1) is 0 Å². The maximum absolute atomic E-state index is 9.28. The monoisotopic (exact) mass is 242 g/mol. The topological polar surface area (TPSA) is 20.2 Å². The summed E-state index contributed by atoms with van der Waals surface area (Å²) in [5, 5.41) is 10.8. The number of phenols is 1. The second-order valence-electron chi connectivity index (χ2n) is 5.09. The highest BCUT2D eigenvalue weighted by Gasteiger charge is 2.23. The van der Waals surface area contributed by atoms with Gasteiger partial charge in [-0.15, -0.1) is 0 Å². The van der Waals surface area contributed by atoms with Gasteiger partial charge in [-0.05, 0) is 18.2 Å². The second kappa shape index (κ2) is 4.76. The minimum atomic E-state index is -1.42. The number of benzene rings is 2. The van der Waals surface area contributed by atoms with Crippen LogP contribution in [0.4, 0.5) is 0 Å². The molecular formula is C15H18OSi. The number of hydrogen-bond acceptors (Lipinski definition) is 1. The minimum Gasteiger partial charge on any atom is -0.508 e. The maximum Gasteiger partial charge on any atom is 0.115 e. The molecule has 17 heavy (non-hydrogen) atoms. The summed E-state index contributed by atoms with van der Waals surface area (Å²) in [5.41, 5.74) is 1.31. The van der Waals surface area contributed by atoms with Crippen molar-refractivity contribution in [2.45, 2.75) is 19.1 Å². The molecule has 1 N–H and O–H groups in total. The Bertz CT molecular complexity index is 474. The summed E-state index contributed by atoms with van der Waals surface area (Å²) < 4.78 is 0. The largest absolute Gasteiger partial charge is 0.508 e. The Labute approximate surface area is 104 Å². The van der Waals surface area contributed by atoms with E-state index in [1.165, 1.54) is 10.8 Å². The average Bonchev–Trinajstić information content (AvgIpc) is 2.33. The molecule has 0 saturated carbocycles. The molecule has 0 fully saturated rings. The molecule has 0 atom stereocenters. The van der Waals surface area contributed by atoms with Gasteiger partial charge in [0.1, 0.15) is 5.75 Å². The summed E-state index contributed by atoms with van der Waals surface area (Å²) in [6, 6.07) is 19.4. The van der Waals surface area contributed by atoms with Gasteiger partial charge in [0, 0.05) is 0 Å². The molecule has 1 nitrogen and oxygen atoms in total. The van der Waals surface area contributed by atoms with Crippen molar-refractivity contribution in [3.05, 3.63) is 60.2 Å². The molecule has 0 bridgehead atoms. The van der Waals surface area contributed by atoms with Crippen molar-refractivity contribution in [2.75, 3.05) is 0 Å². The number of aromatic hydroxyl groups is 1. The van der Waals surface area contributed by atoms with Crippen molar-refractivity contribution in [1.82, 2.24) is 0 Å². The van der Waals surface area contributed by atoms with Crippen LogP contribution in [0.2, 0.25) is 13.1 Å². The molecule has 0 heterocycles. The predicted octanol–water partition coefficient (Wildman–Crippen LogP) is 3.09. The molecular weight excluding hydrogens is 224 g/mol. The normalized spacial score (nSPS) is 11.4. The first kappa shape index (κ1) is 11.9. The van der Waals surface area contributed by atoms with Crippen molar-refractivity contribution in [3.8, 4) is 5.75 Å². The van der Waals surface area contributed by atoms with Crippen molar-refractivity contribution in [2.24, 2.45) is 0 Å². The molecule has 2 rings (SSSR count). The molecule has 0 saturated heterocycles. The lowest BCUT2D eigenvalue weighted by Gasteiger charge is -2.23. The van der Waals surface area contributed by atoms with Crippen LogP contribution in [0.1, 0.15) is 5.56 Å². The molecule has 0 spiro atoms. The molecule has 2 aromatic carbocycles. The molecule has 0 aromatic heterocycles. The van der Waals surface area contributed by atoms with E-state index >= 15 is 0 Å². The Hall–Kier alpha value is -1.54. The highest BCUT2D eigenvalue weighted by atomic mass is 28.3. The van der Waals surface area contributed by atoms with Gasteiger partial charge in [-0.25, -0.2) is 0 Å². The lowest BCUT2D eigenvalue weighted by Crippen LogP contribution is -2.43. The van der Waals surface area contributed by atoms with Crippen LogP contribution in [0.3, 0.4) is 0 Å². The summed E-state index contributed by atoms with van der Waals surface area (Å²) in [6.07, 6.45) is 0. The van der Waals surface area contributed by atoms with Gasteiger partial charge < -0.3 is 5.11 Å². The summed E-state index contributed by atoms with van der Waals surface area (Å²) >= 11 is 0. The van der Waals surface area contributed by atoms with E-state index in [4.69, 9.17) is 0 Å². The average molecular weight is 242 g/mol. The molecule has 2 heteroatoms. The Kier molecular flexibility index (Phi) is 3.34. The van der Waals surface area contributed by atoms with Gasteiger partial charge in [0.2, 0.25) is 0 Å². The number of rotatable bonds is 3. The Morgan fingerprint density at radius 1 is 0.882 bits per heavy atom. The zero-order valence-electron chi connectivity index (χ0n) is 10.4. The fourth-order valence-electron chi connectivity index (χ4n) is 2.12. The maximum atomic E-state index is 9.28. The van der Waals surface area contributed by atoms with Crippen molar-refractivity contribution in [3.63, 3.8) is 0 Å². The molecule has 0 radical (unpaired) electrons. The van der Waals surface area contributed by atoms with Gasteiger partial charge in [-0.3, -0.25) is 0 Å². The Morgan fingerprint density at radius 2 is 1.47 bits per heavy atom. The van der Waals surface area contributed by atoms with Crippen LogP contribution in [-0.2, 0) is 6.04 Å². The molecule has 0 unspecified atom stereocenters. The zero-order valence-corrected chi connectivity index (χ0v) is 11.4. The second-order valence-corrected chi connectivity index (χ2v) is 9.79. The van der Waals surface area contributed by atoms with Gasteiger partial charge in [-0.2, -0.15) is 0 Å². The van der Waals surface area contributed by atoms with Gasteiger partial charge in [0.25, 0.3) is 0 Å². The van der Waals surface area contributed by atoms with E-state index in [9.17, 15) is 5.11 Å². The smallest absolute Gasteiger partial charge is 0.115 e. The Morgan fingerprint density at radius 3 is 2.06 bits per heavy atom. The molecule has 0 aliphatic rings. The third-order valence-electron chi connectivity index (χ3n) is 3.14. The van der Waals surface area contributed by atoms with Crippen molar-refractivity contribution < 1.29 is 5.11 Å². The first-order valence-electron chi connectivity index (χ1n) is 5.91. The molecule has 2 aromatic rings. The highest BCUT2D eigenvalue weighted by Crippen LogP contribution is 2.15. The number of hydrogen-bond donors (Lipinski definition) is 1. The van der Waals surface area contributed by atoms with Gasteiger partial charge >= 0.3 is 0 Å². The first-order chi connectivity index (χ1) is 8.08. The van der Waals surface area contributed by atoms with Crippen LogP contribution >= 0.6 is 0 Å². The quantitative estimate of drug-likeness (QED) is 0.820. The van der Waals surface area contributed by atoms with E-state index in [0.717, 1.165) is 6.04 Å². The van der Waals surface area contributed by atoms with E-state index in [2.05, 4.69) is 43.4 Å². The predicted molar refractivity (Wildman–Crippen MR) is 75.4 cm³/mol. The van der Waals surface area contributed by atoms with Crippen molar-refractivity contribution in [1.29, 1.82) is 0 Å². The van der Waals surface area contributed by atoms with Crippen LogP contribution in [0.15, 0.2) is 54.6 Å². The lowest BCUT2D eigenvalue weighted by atomic mass is 10.2. The Balaban J connectivity index is 2.20. The summed E-state index contributed by atoms with van der Waals surface area (Å²) in [5.74, 6) is 0.341. The summed E-state index contributed by atoms with van der Waals surface area (Å²) in [6.45, 7) is 4.77. The minimum absolute atomic E-state index is 0.341. The van der Waals surface area contributed by atoms with Crippen LogP contribution in [-0.4, -0.2) is 13.2 Å². The van der Waals surface area contributed by atoms with Gasteiger partial charge in [0.15, 0.2) is 0 Å².